The number of nitriles is 1. The van der Waals surface area contributed by atoms with Crippen LogP contribution in [0.15, 0.2) is 35.5 Å². The minimum Gasteiger partial charge on any atom is -0.330 e. The number of thioether (sulfide) groups is 1. The second-order valence-electron chi connectivity index (χ2n) is 4.89. The lowest BCUT2D eigenvalue weighted by atomic mass is 10.1. The predicted molar refractivity (Wildman–Crippen MR) is 89.8 cm³/mol. The molecule has 0 amide bonds. The van der Waals surface area contributed by atoms with Gasteiger partial charge in [0.15, 0.2) is 5.16 Å². The van der Waals surface area contributed by atoms with Crippen LogP contribution < -0.4 is 11.3 Å². The van der Waals surface area contributed by atoms with Crippen LogP contribution in [0.3, 0.4) is 0 Å². The van der Waals surface area contributed by atoms with E-state index in [4.69, 9.17) is 5.84 Å². The van der Waals surface area contributed by atoms with Crippen LogP contribution in [0.2, 0.25) is 0 Å². The van der Waals surface area contributed by atoms with Gasteiger partial charge in [-0.25, -0.2) is 20.8 Å². The largest absolute Gasteiger partial charge is 0.330 e. The third-order valence-corrected chi connectivity index (χ3v) is 4.11. The van der Waals surface area contributed by atoms with E-state index in [1.54, 1.807) is 6.07 Å². The summed E-state index contributed by atoms with van der Waals surface area (Å²) in [6, 6.07) is 11.7. The van der Waals surface area contributed by atoms with Gasteiger partial charge in [-0.2, -0.15) is 5.26 Å². The van der Waals surface area contributed by atoms with E-state index < -0.39 is 5.92 Å². The summed E-state index contributed by atoms with van der Waals surface area (Å²) in [4.78, 5) is 13.3. The van der Waals surface area contributed by atoms with E-state index in [0.717, 1.165) is 11.0 Å². The SMILES string of the molecule is CSc1nc(NN)cc([C@@H](C#N)c2nc3ccccc3n2C)n1. The van der Waals surface area contributed by atoms with Crippen molar-refractivity contribution in [1.82, 2.24) is 19.5 Å². The summed E-state index contributed by atoms with van der Waals surface area (Å²) in [5.41, 5.74) is 4.90. The second-order valence-corrected chi connectivity index (χ2v) is 5.66. The van der Waals surface area contributed by atoms with Crippen LogP contribution in [-0.2, 0) is 7.05 Å². The van der Waals surface area contributed by atoms with Crippen molar-refractivity contribution < 1.29 is 0 Å². The molecule has 0 saturated carbocycles. The van der Waals surface area contributed by atoms with E-state index in [-0.39, 0.29) is 0 Å². The fraction of sp³-hybridized carbons (Fsp3) is 0.200. The number of nitrogens with two attached hydrogens (primary N) is 1. The summed E-state index contributed by atoms with van der Waals surface area (Å²) < 4.78 is 1.92. The molecule has 7 nitrogen and oxygen atoms in total. The number of aromatic nitrogens is 4. The number of hydrogen-bond acceptors (Lipinski definition) is 7. The highest BCUT2D eigenvalue weighted by molar-refractivity contribution is 7.98. The molecule has 0 unspecified atom stereocenters. The molecule has 0 bridgehead atoms. The Hall–Kier alpha value is -2.63. The van der Waals surface area contributed by atoms with Crippen LogP contribution in [0, 0.1) is 11.3 Å². The highest BCUT2D eigenvalue weighted by Crippen LogP contribution is 2.27. The van der Waals surface area contributed by atoms with Crippen LogP contribution in [0.1, 0.15) is 17.4 Å². The van der Waals surface area contributed by atoms with Gasteiger partial charge >= 0.3 is 0 Å². The Bertz CT molecular complexity index is 874. The number of hydrogen-bond donors (Lipinski definition) is 2. The molecule has 2 heterocycles. The topological polar surface area (TPSA) is 105 Å². The number of rotatable bonds is 4. The summed E-state index contributed by atoms with van der Waals surface area (Å²) in [5, 5.41) is 10.2. The lowest BCUT2D eigenvalue weighted by molar-refractivity contribution is 0.766. The molecule has 0 aliphatic heterocycles. The molecule has 0 aliphatic rings. The van der Waals surface area contributed by atoms with E-state index in [2.05, 4.69) is 26.4 Å². The lowest BCUT2D eigenvalue weighted by Crippen LogP contribution is -2.13. The smallest absolute Gasteiger partial charge is 0.189 e. The van der Waals surface area contributed by atoms with Crippen LogP contribution in [0.25, 0.3) is 11.0 Å². The fourth-order valence-corrected chi connectivity index (χ4v) is 2.82. The molecule has 0 radical (unpaired) electrons. The molecule has 0 aliphatic carbocycles. The van der Waals surface area contributed by atoms with Gasteiger partial charge in [0.2, 0.25) is 0 Å². The van der Waals surface area contributed by atoms with Crippen LogP contribution in [0.4, 0.5) is 5.82 Å². The number of imidazole rings is 1. The Morgan fingerprint density at radius 1 is 1.30 bits per heavy atom. The maximum absolute atomic E-state index is 9.69. The highest BCUT2D eigenvalue weighted by Gasteiger charge is 2.23. The summed E-state index contributed by atoms with van der Waals surface area (Å²) >= 11 is 1.39. The zero-order chi connectivity index (χ0) is 16.4. The van der Waals surface area contributed by atoms with Gasteiger partial charge in [0.05, 0.1) is 22.8 Å². The average Bonchev–Trinajstić information content (AvgIpc) is 2.92. The van der Waals surface area contributed by atoms with E-state index in [0.29, 0.717) is 22.5 Å². The molecular formula is C15H15N7S. The van der Waals surface area contributed by atoms with Crippen molar-refractivity contribution in [3.8, 4) is 6.07 Å². The number of nitrogens with zero attached hydrogens (tertiary/aromatic N) is 5. The van der Waals surface area contributed by atoms with Crippen molar-refractivity contribution >= 4 is 28.6 Å². The molecule has 3 rings (SSSR count). The average molecular weight is 325 g/mol. The Labute approximate surface area is 137 Å². The van der Waals surface area contributed by atoms with Crippen LogP contribution in [0.5, 0.6) is 0 Å². The lowest BCUT2D eigenvalue weighted by Gasteiger charge is -2.11. The number of fused-ring (bicyclic) bond motifs is 1. The Kier molecular flexibility index (Phi) is 4.14. The molecule has 3 N–H and O–H groups in total. The first-order valence-corrected chi connectivity index (χ1v) is 8.11. The van der Waals surface area contributed by atoms with E-state index in [1.807, 2.05) is 42.1 Å². The van der Waals surface area contributed by atoms with Crippen LogP contribution in [-0.4, -0.2) is 25.8 Å². The zero-order valence-corrected chi connectivity index (χ0v) is 13.5. The molecular weight excluding hydrogens is 310 g/mol. The summed E-state index contributed by atoms with van der Waals surface area (Å²) in [6.07, 6.45) is 1.87. The van der Waals surface area contributed by atoms with Gasteiger partial charge in [0.1, 0.15) is 17.6 Å². The molecule has 1 aromatic carbocycles. The van der Waals surface area contributed by atoms with Gasteiger partial charge in [-0.05, 0) is 18.4 Å². The molecule has 2 aromatic heterocycles. The number of nitrogen functional groups attached to an aromatic ring is 1. The Morgan fingerprint density at radius 3 is 2.74 bits per heavy atom. The van der Waals surface area contributed by atoms with Gasteiger partial charge in [0, 0.05) is 13.1 Å². The quantitative estimate of drug-likeness (QED) is 0.327. The van der Waals surface area contributed by atoms with Gasteiger partial charge in [-0.3, -0.25) is 0 Å². The molecule has 8 heteroatoms. The zero-order valence-electron chi connectivity index (χ0n) is 12.7. The molecule has 116 valence electrons. The molecule has 1 atom stereocenters. The Balaban J connectivity index is 2.16. The molecule has 0 fully saturated rings. The van der Waals surface area contributed by atoms with Gasteiger partial charge in [-0.1, -0.05) is 23.9 Å². The van der Waals surface area contributed by atoms with Crippen molar-refractivity contribution in [3.63, 3.8) is 0 Å². The first-order valence-electron chi connectivity index (χ1n) is 6.88. The number of aryl methyl sites for hydroxylation is 1. The van der Waals surface area contributed by atoms with E-state index >= 15 is 0 Å². The van der Waals surface area contributed by atoms with Crippen molar-refractivity contribution in [1.29, 1.82) is 5.26 Å². The first-order chi connectivity index (χ1) is 11.2. The monoisotopic (exact) mass is 325 g/mol. The number of para-hydroxylation sites is 2. The normalized spacial score (nSPS) is 12.1. The maximum Gasteiger partial charge on any atom is 0.189 e. The van der Waals surface area contributed by atoms with Crippen molar-refractivity contribution in [2.75, 3.05) is 11.7 Å². The number of hydrazine groups is 1. The third-order valence-electron chi connectivity index (χ3n) is 3.56. The summed E-state index contributed by atoms with van der Waals surface area (Å²) in [6.45, 7) is 0. The van der Waals surface area contributed by atoms with Gasteiger partial charge < -0.3 is 9.99 Å². The highest BCUT2D eigenvalue weighted by atomic mass is 32.2. The second kappa shape index (κ2) is 6.24. The third kappa shape index (κ3) is 2.72. The van der Waals surface area contributed by atoms with Gasteiger partial charge in [-0.15, -0.1) is 0 Å². The number of anilines is 1. The van der Waals surface area contributed by atoms with Crippen LogP contribution >= 0.6 is 11.8 Å². The van der Waals surface area contributed by atoms with E-state index in [1.165, 1.54) is 11.8 Å². The fourth-order valence-electron chi connectivity index (χ4n) is 2.43. The molecule has 23 heavy (non-hydrogen) atoms. The Morgan fingerprint density at radius 2 is 2.09 bits per heavy atom. The molecule has 3 aromatic rings. The summed E-state index contributed by atoms with van der Waals surface area (Å²) in [7, 11) is 1.90. The molecule has 0 spiro atoms. The minimum absolute atomic E-state index is 0.471. The standard InChI is InChI=1S/C15H15N7S/c1-22-12-6-4-3-5-10(12)18-14(22)9(8-16)11-7-13(21-17)20-15(19-11)23-2/h3-7,9H,17H2,1-2H3,(H,19,20,21)/t9-/m1/s1. The number of benzene rings is 1. The summed E-state index contributed by atoms with van der Waals surface area (Å²) in [5.74, 6) is 5.97. The minimum atomic E-state index is -0.603. The van der Waals surface area contributed by atoms with Gasteiger partial charge in [0.25, 0.3) is 0 Å². The van der Waals surface area contributed by atoms with E-state index in [9.17, 15) is 5.26 Å². The van der Waals surface area contributed by atoms with Crippen molar-refractivity contribution in [2.24, 2.45) is 12.9 Å². The predicted octanol–water partition coefficient (Wildman–Crippen LogP) is 2.03. The van der Waals surface area contributed by atoms with Crippen molar-refractivity contribution in [2.45, 2.75) is 11.1 Å². The van der Waals surface area contributed by atoms with Crippen molar-refractivity contribution in [3.05, 3.63) is 41.9 Å². The first kappa shape index (κ1) is 15.3. The number of nitrogens with one attached hydrogen (secondary N) is 1. The maximum atomic E-state index is 9.69. The molecule has 0 saturated heterocycles.